The van der Waals surface area contributed by atoms with Crippen molar-refractivity contribution in [2.75, 3.05) is 7.11 Å². The lowest BCUT2D eigenvalue weighted by Crippen LogP contribution is -2.11. The number of carboxylic acid groups (broad SMARTS) is 2. The van der Waals surface area contributed by atoms with Gasteiger partial charge in [-0.3, -0.25) is 4.79 Å². The van der Waals surface area contributed by atoms with E-state index in [0.29, 0.717) is 111 Å². The molecule has 11 rings (SSSR count). The number of primary amides is 1. The first-order valence-corrected chi connectivity index (χ1v) is 31.2. The zero-order valence-electron chi connectivity index (χ0n) is 44.0. The molecule has 0 fully saturated rings. The highest BCUT2D eigenvalue weighted by molar-refractivity contribution is 9.10. The van der Waals surface area contributed by atoms with Gasteiger partial charge in [0.1, 0.15) is 15.0 Å². The SMILES string of the molecule is COC(=O)c1cc(-c2nc(-c3ccc(Cl)c(Cl)c3)cs2)ccc1Br.N#Cc1ccc(Cl)c(-c2ccc(-c3nc(-c4ccc(Cl)c(Cl)c4)cs3)cc2C(=O)O)c1.NC(=O)c1ccc(Cl)c(-c2ccc(-c3nc(-c4ccc(Cl)c(Cl)c4)cs3)cc2C(=O)O)c1. The van der Waals surface area contributed by atoms with Gasteiger partial charge in [0, 0.05) is 80.7 Å². The number of nitriles is 1. The number of nitrogens with zero attached hydrogens (tertiary/aromatic N) is 4. The van der Waals surface area contributed by atoms with Crippen LogP contribution in [-0.2, 0) is 4.74 Å². The average molecular weight is 1430 g/mol. The molecule has 0 saturated heterocycles. The molecule has 1 amide bonds. The molecular weight excluding hydrogens is 1400 g/mol. The summed E-state index contributed by atoms with van der Waals surface area (Å²) in [5.74, 6) is -3.26. The van der Waals surface area contributed by atoms with E-state index in [9.17, 15) is 29.4 Å². The van der Waals surface area contributed by atoms with Gasteiger partial charge in [-0.2, -0.15) is 5.26 Å². The van der Waals surface area contributed by atoms with Crippen LogP contribution in [0.3, 0.4) is 0 Å². The number of hydrogen-bond acceptors (Lipinski definition) is 12. The van der Waals surface area contributed by atoms with E-state index in [1.807, 2.05) is 52.5 Å². The van der Waals surface area contributed by atoms with Crippen LogP contribution in [0.5, 0.6) is 0 Å². The Morgan fingerprint density at radius 2 is 0.828 bits per heavy atom. The summed E-state index contributed by atoms with van der Waals surface area (Å²) < 4.78 is 5.47. The molecular formula is C63H34BrCl8N5O7S3. The van der Waals surface area contributed by atoms with E-state index in [0.717, 1.165) is 33.0 Å². The zero-order valence-corrected chi connectivity index (χ0v) is 54.1. The van der Waals surface area contributed by atoms with Crippen molar-refractivity contribution >= 4 is 167 Å². The van der Waals surface area contributed by atoms with Crippen molar-refractivity contribution in [3.05, 3.63) is 234 Å². The van der Waals surface area contributed by atoms with Gasteiger partial charge in [-0.05, 0) is 124 Å². The third-order valence-corrected chi connectivity index (χ3v) is 18.9. The van der Waals surface area contributed by atoms with Crippen molar-refractivity contribution in [3.63, 3.8) is 0 Å². The number of aromatic nitrogens is 3. The number of thiazole rings is 3. The molecule has 24 heteroatoms. The van der Waals surface area contributed by atoms with Crippen LogP contribution in [0.15, 0.2) is 166 Å². The first-order valence-electron chi connectivity index (χ1n) is 24.8. The molecule has 0 aliphatic carbocycles. The molecule has 434 valence electrons. The average Bonchev–Trinajstić information content (AvgIpc) is 2.21. The second-order valence-corrected chi connectivity index (χ2v) is 24.9. The minimum Gasteiger partial charge on any atom is -0.478 e. The number of aromatic carboxylic acids is 2. The smallest absolute Gasteiger partial charge is 0.339 e. The highest BCUT2D eigenvalue weighted by atomic mass is 79.9. The summed E-state index contributed by atoms with van der Waals surface area (Å²) >= 11 is 56.3. The van der Waals surface area contributed by atoms with Gasteiger partial charge < -0.3 is 20.7 Å². The van der Waals surface area contributed by atoms with Crippen molar-refractivity contribution in [1.82, 2.24) is 15.0 Å². The number of amides is 1. The van der Waals surface area contributed by atoms with Gasteiger partial charge in [-0.15, -0.1) is 34.0 Å². The number of ether oxygens (including phenoxy) is 1. The topological polar surface area (TPSA) is 206 Å². The molecule has 3 heterocycles. The number of carboxylic acids is 2. The van der Waals surface area contributed by atoms with Crippen LogP contribution >= 0.6 is 143 Å². The predicted molar refractivity (Wildman–Crippen MR) is 356 cm³/mol. The Hall–Kier alpha value is -7.18. The maximum absolute atomic E-state index is 12.0. The Kier molecular flexibility index (Phi) is 20.9. The monoisotopic (exact) mass is 1430 g/mol. The molecule has 0 unspecified atom stereocenters. The molecule has 0 spiro atoms. The number of methoxy groups -OCH3 is 1. The third kappa shape index (κ3) is 15.0. The van der Waals surface area contributed by atoms with Crippen molar-refractivity contribution in [2.45, 2.75) is 0 Å². The normalized spacial score (nSPS) is 10.7. The van der Waals surface area contributed by atoms with Crippen LogP contribution in [0.1, 0.15) is 47.0 Å². The molecule has 87 heavy (non-hydrogen) atoms. The van der Waals surface area contributed by atoms with E-state index >= 15 is 0 Å². The fourth-order valence-electron chi connectivity index (χ4n) is 8.37. The fourth-order valence-corrected chi connectivity index (χ4v) is 12.6. The number of benzene rings is 8. The molecule has 3 aromatic heterocycles. The summed E-state index contributed by atoms with van der Waals surface area (Å²) in [6.45, 7) is 0. The minimum atomic E-state index is -1.14. The number of hydrogen-bond donors (Lipinski definition) is 3. The van der Waals surface area contributed by atoms with Crippen LogP contribution in [0, 0.1) is 11.3 Å². The molecule has 0 bridgehead atoms. The van der Waals surface area contributed by atoms with Crippen LogP contribution in [0.4, 0.5) is 0 Å². The second kappa shape index (κ2) is 28.3. The van der Waals surface area contributed by atoms with E-state index in [2.05, 4.69) is 30.9 Å². The highest BCUT2D eigenvalue weighted by Gasteiger charge is 2.21. The standard InChI is InChI=1S/C23H13Cl3N2O3S.C23H11Cl3N2O2S.C17H10BrCl2NO2S/c24-17-5-3-12(21(27)29)7-15(17)14-4-1-13(8-16(14)23(30)31)22-28-20(10-32-22)11-2-6-18(25)19(26)9-11;24-18-5-1-12(10-27)7-16(18)15-4-2-14(8-17(15)23(29)30)22-28-21(11-31-22)13-3-6-19(25)20(26)9-13;1-23-17(22)11-6-10(2-4-12(11)18)16-21-15(8-24-16)9-3-5-13(19)14(20)7-9/h1-10H,(H2,27,29)(H,30,31);1-9,11H,(H,29,30);2-8H,1H3. The van der Waals surface area contributed by atoms with Gasteiger partial charge in [0.25, 0.3) is 0 Å². The maximum atomic E-state index is 12.0. The lowest BCUT2D eigenvalue weighted by Gasteiger charge is -2.11. The Labute approximate surface area is 556 Å². The first kappa shape index (κ1) is 64.3. The van der Waals surface area contributed by atoms with Crippen LogP contribution in [0.25, 0.3) is 87.7 Å². The zero-order chi connectivity index (χ0) is 62.4. The number of rotatable bonds is 12. The van der Waals surface area contributed by atoms with Crippen molar-refractivity contribution < 1.29 is 34.1 Å². The number of nitrogens with two attached hydrogens (primary N) is 1. The van der Waals surface area contributed by atoms with Gasteiger partial charge in [0.2, 0.25) is 5.91 Å². The number of carbonyl (C=O) groups excluding carboxylic acids is 2. The van der Waals surface area contributed by atoms with Crippen molar-refractivity contribution in [1.29, 1.82) is 5.26 Å². The maximum Gasteiger partial charge on any atom is 0.339 e. The van der Waals surface area contributed by atoms with E-state index < -0.39 is 23.8 Å². The van der Waals surface area contributed by atoms with Crippen molar-refractivity contribution in [2.24, 2.45) is 5.73 Å². The van der Waals surface area contributed by atoms with Crippen LogP contribution in [-0.4, -0.2) is 56.1 Å². The van der Waals surface area contributed by atoms with Gasteiger partial charge in [-0.1, -0.05) is 141 Å². The van der Waals surface area contributed by atoms with E-state index in [-0.39, 0.29) is 16.7 Å². The number of esters is 1. The third-order valence-electron chi connectivity index (χ3n) is 12.7. The number of carbonyl (C=O) groups is 4. The molecule has 0 aliphatic heterocycles. The highest BCUT2D eigenvalue weighted by Crippen LogP contribution is 2.40. The Morgan fingerprint density at radius 3 is 1.21 bits per heavy atom. The second-order valence-electron chi connectivity index (χ2n) is 18.2. The molecule has 4 N–H and O–H groups in total. The molecule has 0 saturated carbocycles. The summed E-state index contributed by atoms with van der Waals surface area (Å²) in [5.41, 5.74) is 15.1. The predicted octanol–water partition coefficient (Wildman–Crippen LogP) is 20.9. The van der Waals surface area contributed by atoms with Crippen LogP contribution < -0.4 is 5.73 Å². The Balaban J connectivity index is 0.000000157. The molecule has 12 nitrogen and oxygen atoms in total. The first-order chi connectivity index (χ1) is 41.6. The summed E-state index contributed by atoms with van der Waals surface area (Å²) in [6.07, 6.45) is 0. The van der Waals surface area contributed by atoms with Gasteiger partial charge in [-0.25, -0.2) is 29.3 Å². The largest absolute Gasteiger partial charge is 0.478 e. The van der Waals surface area contributed by atoms with E-state index in [1.54, 1.807) is 91.0 Å². The molecule has 8 aromatic carbocycles. The summed E-state index contributed by atoms with van der Waals surface area (Å²) in [5, 5.41) is 40.0. The molecule has 11 aromatic rings. The van der Waals surface area contributed by atoms with E-state index in [1.165, 1.54) is 65.4 Å². The Bertz CT molecular complexity index is 4590. The Morgan fingerprint density at radius 1 is 0.460 bits per heavy atom. The van der Waals surface area contributed by atoms with Gasteiger partial charge >= 0.3 is 17.9 Å². The molecule has 0 radical (unpaired) electrons. The summed E-state index contributed by atoms with van der Waals surface area (Å²) in [4.78, 5) is 61.3. The van der Waals surface area contributed by atoms with Crippen molar-refractivity contribution in [3.8, 4) is 93.8 Å². The number of halogens is 9. The van der Waals surface area contributed by atoms with Gasteiger partial charge in [0.05, 0.1) is 82.7 Å². The molecule has 0 aliphatic rings. The summed E-state index contributed by atoms with van der Waals surface area (Å²) in [7, 11) is 1.35. The van der Waals surface area contributed by atoms with Crippen LogP contribution in [0.2, 0.25) is 40.2 Å². The molecule has 0 atom stereocenters. The minimum absolute atomic E-state index is 0.0253. The fraction of sp³-hybridized carbons (Fsp3) is 0.0159. The van der Waals surface area contributed by atoms with Gasteiger partial charge in [0.15, 0.2) is 0 Å². The summed E-state index contributed by atoms with van der Waals surface area (Å²) in [6, 6.07) is 42.6. The lowest BCUT2D eigenvalue weighted by atomic mass is 9.96. The van der Waals surface area contributed by atoms with E-state index in [4.69, 9.17) is 109 Å². The lowest BCUT2D eigenvalue weighted by molar-refractivity contribution is 0.0598. The quantitative estimate of drug-likeness (QED) is 0.0981.